The molecule has 0 bridgehead atoms. The van der Waals surface area contributed by atoms with Gasteiger partial charge in [0.2, 0.25) is 5.91 Å². The number of rotatable bonds is 2. The number of anilines is 1. The molecule has 1 atom stereocenters. The van der Waals surface area contributed by atoms with Gasteiger partial charge in [-0.15, -0.1) is 0 Å². The molecule has 6 nitrogen and oxygen atoms in total. The molecular weight excluding hydrogens is 232 g/mol. The summed E-state index contributed by atoms with van der Waals surface area (Å²) in [6.45, 7) is 2.63. The fourth-order valence-electron chi connectivity index (χ4n) is 2.23. The molecule has 0 saturated heterocycles. The van der Waals surface area contributed by atoms with Gasteiger partial charge in [0.1, 0.15) is 11.6 Å². The van der Waals surface area contributed by atoms with Gasteiger partial charge >= 0.3 is 0 Å². The topological polar surface area (TPSA) is 73.0 Å². The third-order valence-electron chi connectivity index (χ3n) is 3.20. The molecular formula is C12H14N4O2. The minimum atomic E-state index is -0.0445. The van der Waals surface area contributed by atoms with Gasteiger partial charge in [-0.05, 0) is 13.3 Å². The van der Waals surface area contributed by atoms with Crippen LogP contribution in [0.3, 0.4) is 0 Å². The van der Waals surface area contributed by atoms with E-state index in [-0.39, 0.29) is 11.8 Å². The number of hydrogen-bond acceptors (Lipinski definition) is 4. The average Bonchev–Trinajstić information content (AvgIpc) is 2.96. The second-order valence-electron chi connectivity index (χ2n) is 4.54. The Kier molecular flexibility index (Phi) is 2.62. The molecule has 0 aromatic carbocycles. The summed E-state index contributed by atoms with van der Waals surface area (Å²) in [6, 6.07) is 1.71. The molecule has 1 aliphatic heterocycles. The van der Waals surface area contributed by atoms with Gasteiger partial charge in [0.05, 0.1) is 0 Å². The molecule has 2 aromatic rings. The van der Waals surface area contributed by atoms with E-state index in [1.807, 2.05) is 6.20 Å². The Bertz CT molecular complexity index is 572. The van der Waals surface area contributed by atoms with E-state index in [0.717, 1.165) is 18.8 Å². The number of aromatic nitrogens is 3. The van der Waals surface area contributed by atoms with E-state index in [0.29, 0.717) is 18.0 Å². The number of nitrogens with zero attached hydrogens (tertiary/aromatic N) is 3. The molecule has 3 rings (SSSR count). The second-order valence-corrected chi connectivity index (χ2v) is 4.54. The molecule has 1 N–H and O–H groups in total. The lowest BCUT2D eigenvalue weighted by atomic mass is 9.97. The Balaban J connectivity index is 1.67. The van der Waals surface area contributed by atoms with E-state index >= 15 is 0 Å². The minimum Gasteiger partial charge on any atom is -0.360 e. The molecule has 1 amide bonds. The van der Waals surface area contributed by atoms with Gasteiger partial charge in [-0.2, -0.15) is 0 Å². The monoisotopic (exact) mass is 246 g/mol. The SMILES string of the molecule is Cc1cc(NC(=O)C2CCn3ccnc3C2)no1. The van der Waals surface area contributed by atoms with E-state index in [1.54, 1.807) is 19.2 Å². The first-order chi connectivity index (χ1) is 8.72. The zero-order chi connectivity index (χ0) is 12.5. The highest BCUT2D eigenvalue weighted by atomic mass is 16.5. The van der Waals surface area contributed by atoms with Crippen molar-refractivity contribution in [2.75, 3.05) is 5.32 Å². The molecule has 2 aromatic heterocycles. The Morgan fingerprint density at radius 1 is 1.61 bits per heavy atom. The highest BCUT2D eigenvalue weighted by molar-refractivity contribution is 5.91. The van der Waals surface area contributed by atoms with Crippen LogP contribution < -0.4 is 5.32 Å². The summed E-state index contributed by atoms with van der Waals surface area (Å²) in [5.41, 5.74) is 0. The molecule has 0 aliphatic carbocycles. The molecule has 6 heteroatoms. The van der Waals surface area contributed by atoms with Crippen LogP contribution in [-0.2, 0) is 17.8 Å². The van der Waals surface area contributed by atoms with E-state index in [9.17, 15) is 4.79 Å². The molecule has 0 saturated carbocycles. The van der Waals surface area contributed by atoms with Crippen molar-refractivity contribution in [2.24, 2.45) is 5.92 Å². The zero-order valence-corrected chi connectivity index (χ0v) is 10.1. The van der Waals surface area contributed by atoms with Gasteiger partial charge in [-0.3, -0.25) is 4.79 Å². The first-order valence-corrected chi connectivity index (χ1v) is 5.96. The van der Waals surface area contributed by atoms with Crippen molar-refractivity contribution in [3.8, 4) is 0 Å². The lowest BCUT2D eigenvalue weighted by Gasteiger charge is -2.21. The molecule has 3 heterocycles. The summed E-state index contributed by atoms with van der Waals surface area (Å²) in [5.74, 6) is 2.07. The van der Waals surface area contributed by atoms with Gasteiger partial charge in [0, 0.05) is 37.3 Å². The van der Waals surface area contributed by atoms with Crippen LogP contribution in [0.15, 0.2) is 23.0 Å². The number of carbonyl (C=O) groups is 1. The van der Waals surface area contributed by atoms with E-state index in [4.69, 9.17) is 4.52 Å². The number of aryl methyl sites for hydroxylation is 2. The van der Waals surface area contributed by atoms with Crippen LogP contribution in [0, 0.1) is 12.8 Å². The van der Waals surface area contributed by atoms with Crippen molar-refractivity contribution in [1.29, 1.82) is 0 Å². The van der Waals surface area contributed by atoms with E-state index < -0.39 is 0 Å². The molecule has 94 valence electrons. The van der Waals surface area contributed by atoms with Crippen LogP contribution in [0.25, 0.3) is 0 Å². The quantitative estimate of drug-likeness (QED) is 0.868. The molecule has 1 unspecified atom stereocenters. The normalized spacial score (nSPS) is 18.4. The third-order valence-corrected chi connectivity index (χ3v) is 3.20. The fraction of sp³-hybridized carbons (Fsp3) is 0.417. The number of fused-ring (bicyclic) bond motifs is 1. The van der Waals surface area contributed by atoms with Crippen LogP contribution >= 0.6 is 0 Å². The predicted octanol–water partition coefficient (Wildman–Crippen LogP) is 1.38. The zero-order valence-electron chi connectivity index (χ0n) is 10.1. The highest BCUT2D eigenvalue weighted by Gasteiger charge is 2.25. The van der Waals surface area contributed by atoms with Crippen molar-refractivity contribution in [3.63, 3.8) is 0 Å². The van der Waals surface area contributed by atoms with Gasteiger partial charge in [0.15, 0.2) is 5.82 Å². The van der Waals surface area contributed by atoms with Crippen molar-refractivity contribution < 1.29 is 9.32 Å². The lowest BCUT2D eigenvalue weighted by molar-refractivity contribution is -0.120. The van der Waals surface area contributed by atoms with E-state index in [2.05, 4.69) is 20.0 Å². The van der Waals surface area contributed by atoms with E-state index in [1.165, 1.54) is 0 Å². The second kappa shape index (κ2) is 4.29. The molecule has 0 spiro atoms. The summed E-state index contributed by atoms with van der Waals surface area (Å²) < 4.78 is 7.00. The number of hydrogen-bond donors (Lipinski definition) is 1. The largest absolute Gasteiger partial charge is 0.360 e. The van der Waals surface area contributed by atoms with Gasteiger partial charge < -0.3 is 14.4 Å². The standard InChI is InChI=1S/C12H14N4O2/c1-8-6-10(15-18-8)14-12(17)9-2-4-16-5-3-13-11(16)7-9/h3,5-6,9H,2,4,7H2,1H3,(H,14,15,17). The summed E-state index contributed by atoms with van der Waals surface area (Å²) >= 11 is 0. The van der Waals surface area contributed by atoms with Crippen LogP contribution in [0.1, 0.15) is 18.0 Å². The maximum absolute atomic E-state index is 12.1. The summed E-state index contributed by atoms with van der Waals surface area (Å²) in [7, 11) is 0. The fourth-order valence-corrected chi connectivity index (χ4v) is 2.23. The van der Waals surface area contributed by atoms with Crippen molar-refractivity contribution >= 4 is 11.7 Å². The van der Waals surface area contributed by atoms with Crippen molar-refractivity contribution in [2.45, 2.75) is 26.3 Å². The summed E-state index contributed by atoms with van der Waals surface area (Å²) in [4.78, 5) is 16.3. The maximum atomic E-state index is 12.1. The number of nitrogens with one attached hydrogen (secondary N) is 1. The summed E-state index contributed by atoms with van der Waals surface area (Å²) in [5, 5.41) is 6.53. The third kappa shape index (κ3) is 2.01. The Morgan fingerprint density at radius 3 is 3.28 bits per heavy atom. The molecule has 0 radical (unpaired) electrons. The minimum absolute atomic E-state index is 0.0162. The number of carbonyl (C=O) groups excluding carboxylic acids is 1. The first kappa shape index (κ1) is 11.0. The number of imidazole rings is 1. The van der Waals surface area contributed by atoms with Gasteiger partial charge in [-0.25, -0.2) is 4.98 Å². The smallest absolute Gasteiger partial charge is 0.229 e. The van der Waals surface area contributed by atoms with Crippen LogP contribution in [-0.4, -0.2) is 20.6 Å². The maximum Gasteiger partial charge on any atom is 0.229 e. The van der Waals surface area contributed by atoms with Crippen LogP contribution in [0.4, 0.5) is 5.82 Å². The van der Waals surface area contributed by atoms with Crippen LogP contribution in [0.2, 0.25) is 0 Å². The van der Waals surface area contributed by atoms with Gasteiger partial charge in [-0.1, -0.05) is 5.16 Å². The average molecular weight is 246 g/mol. The number of amides is 1. The Hall–Kier alpha value is -2.11. The first-order valence-electron chi connectivity index (χ1n) is 5.96. The lowest BCUT2D eigenvalue weighted by Crippen LogP contribution is -2.30. The van der Waals surface area contributed by atoms with Crippen molar-refractivity contribution in [3.05, 3.63) is 30.0 Å². The highest BCUT2D eigenvalue weighted by Crippen LogP contribution is 2.20. The van der Waals surface area contributed by atoms with Crippen molar-refractivity contribution in [1.82, 2.24) is 14.7 Å². The predicted molar refractivity (Wildman–Crippen MR) is 63.9 cm³/mol. The van der Waals surface area contributed by atoms with Gasteiger partial charge in [0.25, 0.3) is 0 Å². The Morgan fingerprint density at radius 2 is 2.50 bits per heavy atom. The summed E-state index contributed by atoms with van der Waals surface area (Å²) in [6.07, 6.45) is 5.22. The molecule has 1 aliphatic rings. The van der Waals surface area contributed by atoms with Crippen LogP contribution in [0.5, 0.6) is 0 Å². The molecule has 0 fully saturated rings. The molecule has 18 heavy (non-hydrogen) atoms. The Labute approximate surface area is 104 Å².